The Bertz CT molecular complexity index is 1130. The third-order valence-corrected chi connectivity index (χ3v) is 6.03. The van der Waals surface area contributed by atoms with Crippen LogP contribution >= 0.6 is 27.5 Å². The van der Waals surface area contributed by atoms with Gasteiger partial charge in [0.15, 0.2) is 0 Å². The maximum absolute atomic E-state index is 12.7. The monoisotopic (exact) mass is 513 g/mol. The van der Waals surface area contributed by atoms with Gasteiger partial charge in [0.25, 0.3) is 0 Å². The molecule has 4 rings (SSSR count). The third-order valence-electron chi connectivity index (χ3n) is 5.17. The van der Waals surface area contributed by atoms with Gasteiger partial charge in [-0.2, -0.15) is 0 Å². The number of hydrogen-bond donors (Lipinski definition) is 2. The molecule has 3 aromatic carbocycles. The van der Waals surface area contributed by atoms with Gasteiger partial charge in [0.2, 0.25) is 11.8 Å². The average molecular weight is 515 g/mol. The number of rotatable bonds is 7. The van der Waals surface area contributed by atoms with Gasteiger partial charge >= 0.3 is 0 Å². The van der Waals surface area contributed by atoms with E-state index in [9.17, 15) is 9.59 Å². The van der Waals surface area contributed by atoms with Crippen molar-refractivity contribution in [3.8, 4) is 5.75 Å². The number of benzene rings is 3. The van der Waals surface area contributed by atoms with Crippen LogP contribution in [0.3, 0.4) is 0 Å². The highest BCUT2D eigenvalue weighted by Crippen LogP contribution is 2.30. The van der Waals surface area contributed by atoms with Crippen LogP contribution in [0.2, 0.25) is 5.02 Å². The predicted octanol–water partition coefficient (Wildman–Crippen LogP) is 5.18. The molecule has 2 amide bonds. The lowest BCUT2D eigenvalue weighted by molar-refractivity contribution is -0.125. The molecule has 0 aliphatic carbocycles. The van der Waals surface area contributed by atoms with Crippen molar-refractivity contribution in [3.05, 3.63) is 87.9 Å². The molecule has 1 aliphatic rings. The van der Waals surface area contributed by atoms with Crippen molar-refractivity contribution in [2.24, 2.45) is 5.92 Å². The number of nitrogens with zero attached hydrogens (tertiary/aromatic N) is 1. The van der Waals surface area contributed by atoms with Crippen LogP contribution in [0, 0.1) is 5.92 Å². The number of halogens is 2. The molecule has 1 fully saturated rings. The van der Waals surface area contributed by atoms with E-state index in [2.05, 4.69) is 26.8 Å². The smallest absolute Gasteiger partial charge is 0.243 e. The maximum Gasteiger partial charge on any atom is 0.243 e. The molecule has 1 atom stereocenters. The number of carbonyl (C=O) groups excluding carboxylic acids is 2. The Balaban J connectivity index is 1.39. The Morgan fingerprint density at radius 2 is 1.84 bits per heavy atom. The predicted molar refractivity (Wildman–Crippen MR) is 129 cm³/mol. The van der Waals surface area contributed by atoms with Crippen molar-refractivity contribution in [1.82, 2.24) is 5.43 Å². The van der Waals surface area contributed by atoms with Crippen LogP contribution in [0.5, 0.6) is 5.75 Å². The zero-order chi connectivity index (χ0) is 22.5. The van der Waals surface area contributed by atoms with E-state index < -0.39 is 5.92 Å². The number of amides is 2. The van der Waals surface area contributed by atoms with Gasteiger partial charge in [-0.1, -0.05) is 63.9 Å². The Kier molecular flexibility index (Phi) is 6.97. The van der Waals surface area contributed by atoms with E-state index in [-0.39, 0.29) is 24.8 Å². The topological polar surface area (TPSA) is 70.7 Å². The minimum absolute atomic E-state index is 0.0671. The summed E-state index contributed by atoms with van der Waals surface area (Å²) in [4.78, 5) is 26.8. The molecular formula is C24H21BrClN3O3. The molecule has 32 heavy (non-hydrogen) atoms. The summed E-state index contributed by atoms with van der Waals surface area (Å²) in [6.45, 7) is 0.623. The Morgan fingerprint density at radius 3 is 2.62 bits per heavy atom. The van der Waals surface area contributed by atoms with Gasteiger partial charge in [-0.15, -0.1) is 0 Å². The molecule has 0 bridgehead atoms. The first-order chi connectivity index (χ1) is 15.5. The molecule has 0 saturated carbocycles. The summed E-state index contributed by atoms with van der Waals surface area (Å²) in [5, 5.41) is 0.626. The van der Waals surface area contributed by atoms with Crippen LogP contribution in [0.15, 0.2) is 77.3 Å². The number of hydrogen-bond acceptors (Lipinski definition) is 4. The number of carbonyl (C=O) groups is 2. The largest absolute Gasteiger partial charge is 0.487 e. The van der Waals surface area contributed by atoms with E-state index in [4.69, 9.17) is 16.3 Å². The van der Waals surface area contributed by atoms with Crippen molar-refractivity contribution in [3.63, 3.8) is 0 Å². The summed E-state index contributed by atoms with van der Waals surface area (Å²) in [5.41, 5.74) is 7.89. The molecule has 1 aliphatic heterocycles. The van der Waals surface area contributed by atoms with Gasteiger partial charge in [-0.05, 0) is 36.4 Å². The average Bonchev–Trinajstić information content (AvgIpc) is 3.20. The van der Waals surface area contributed by atoms with Crippen LogP contribution in [0.1, 0.15) is 12.0 Å². The maximum atomic E-state index is 12.7. The van der Waals surface area contributed by atoms with Gasteiger partial charge in [-0.25, -0.2) is 0 Å². The van der Waals surface area contributed by atoms with Crippen molar-refractivity contribution in [2.75, 3.05) is 16.9 Å². The van der Waals surface area contributed by atoms with Crippen molar-refractivity contribution in [2.45, 2.75) is 13.0 Å². The quantitative estimate of drug-likeness (QED) is 0.426. The molecule has 6 nitrogen and oxygen atoms in total. The summed E-state index contributed by atoms with van der Waals surface area (Å²) < 4.78 is 6.75. The molecule has 164 valence electrons. The van der Waals surface area contributed by atoms with Crippen molar-refractivity contribution in [1.29, 1.82) is 0 Å². The van der Waals surface area contributed by atoms with Crippen LogP contribution in [-0.4, -0.2) is 18.4 Å². The molecular weight excluding hydrogens is 494 g/mol. The van der Waals surface area contributed by atoms with E-state index in [1.54, 1.807) is 17.0 Å². The second kappa shape index (κ2) is 10.1. The zero-order valence-electron chi connectivity index (χ0n) is 17.1. The highest BCUT2D eigenvalue weighted by molar-refractivity contribution is 9.10. The van der Waals surface area contributed by atoms with Crippen LogP contribution in [-0.2, 0) is 16.2 Å². The number of nitrogens with one attached hydrogen (secondary N) is 2. The fourth-order valence-electron chi connectivity index (χ4n) is 3.47. The Labute approximate surface area is 199 Å². The highest BCUT2D eigenvalue weighted by atomic mass is 79.9. The molecule has 1 saturated heterocycles. The fourth-order valence-corrected chi connectivity index (χ4v) is 4.02. The molecule has 3 aromatic rings. The first kappa shape index (κ1) is 22.2. The molecule has 2 N–H and O–H groups in total. The summed E-state index contributed by atoms with van der Waals surface area (Å²) in [6, 6.07) is 22.3. The van der Waals surface area contributed by atoms with Gasteiger partial charge in [0.1, 0.15) is 12.4 Å². The normalized spacial score (nSPS) is 15.5. The van der Waals surface area contributed by atoms with E-state index >= 15 is 0 Å². The van der Waals surface area contributed by atoms with Crippen LogP contribution in [0.25, 0.3) is 0 Å². The summed E-state index contributed by atoms with van der Waals surface area (Å²) in [5.74, 6) is -0.215. The number of para-hydroxylation sites is 1. The van der Waals surface area contributed by atoms with Gasteiger partial charge in [0, 0.05) is 33.7 Å². The van der Waals surface area contributed by atoms with E-state index in [1.807, 2.05) is 60.7 Å². The fraction of sp³-hybridized carbons (Fsp3) is 0.167. The molecule has 0 radical (unpaired) electrons. The Hall–Kier alpha value is -3.03. The minimum atomic E-state index is -0.449. The summed E-state index contributed by atoms with van der Waals surface area (Å²) >= 11 is 9.65. The number of anilines is 2. The standard InChI is InChI=1S/C24H21BrClN3O3/c25-18-10-11-22(32-15-16-6-4-5-9-20(16)26)21(13-18)27-28-24(31)17-12-23(30)29(14-17)19-7-2-1-3-8-19/h1-11,13,17,27H,12,14-15H2,(H,28,31)/t17-/m1/s1. The first-order valence-corrected chi connectivity index (χ1v) is 11.3. The molecule has 0 unspecified atom stereocenters. The van der Waals surface area contributed by atoms with E-state index in [1.165, 1.54) is 0 Å². The minimum Gasteiger partial charge on any atom is -0.487 e. The van der Waals surface area contributed by atoms with Gasteiger partial charge in [-0.3, -0.25) is 20.4 Å². The first-order valence-electron chi connectivity index (χ1n) is 10.1. The third kappa shape index (κ3) is 5.23. The second-order valence-corrected chi connectivity index (χ2v) is 8.70. The number of hydrazine groups is 1. The number of ether oxygens (including phenoxy) is 1. The van der Waals surface area contributed by atoms with Crippen LogP contribution in [0.4, 0.5) is 11.4 Å². The van der Waals surface area contributed by atoms with Crippen molar-refractivity contribution >= 4 is 50.7 Å². The lowest BCUT2D eigenvalue weighted by atomic mass is 10.1. The summed E-state index contributed by atoms with van der Waals surface area (Å²) in [6.07, 6.45) is 0.163. The molecule has 1 heterocycles. The molecule has 8 heteroatoms. The van der Waals surface area contributed by atoms with Gasteiger partial charge < -0.3 is 9.64 Å². The molecule has 0 aromatic heterocycles. The van der Waals surface area contributed by atoms with Crippen LogP contribution < -0.4 is 20.5 Å². The SMILES string of the molecule is O=C(NNc1cc(Br)ccc1OCc1ccccc1Cl)[C@@H]1CC(=O)N(c2ccccc2)C1. The van der Waals surface area contributed by atoms with E-state index in [0.717, 1.165) is 15.7 Å². The molecule has 0 spiro atoms. The Morgan fingerprint density at radius 1 is 1.09 bits per heavy atom. The lowest BCUT2D eigenvalue weighted by Crippen LogP contribution is -2.36. The zero-order valence-corrected chi connectivity index (χ0v) is 19.4. The van der Waals surface area contributed by atoms with E-state index in [0.29, 0.717) is 23.0 Å². The van der Waals surface area contributed by atoms with Crippen molar-refractivity contribution < 1.29 is 14.3 Å². The highest BCUT2D eigenvalue weighted by Gasteiger charge is 2.35. The second-order valence-electron chi connectivity index (χ2n) is 7.38. The summed E-state index contributed by atoms with van der Waals surface area (Å²) in [7, 11) is 0. The van der Waals surface area contributed by atoms with Gasteiger partial charge in [0.05, 0.1) is 11.6 Å². The lowest BCUT2D eigenvalue weighted by Gasteiger charge is -2.18.